The highest BCUT2D eigenvalue weighted by Gasteiger charge is 2.28. The fraction of sp³-hybridized carbons (Fsp3) is 0.381. The van der Waals surface area contributed by atoms with Crippen LogP contribution in [-0.2, 0) is 4.74 Å². The Labute approximate surface area is 168 Å². The van der Waals surface area contributed by atoms with Gasteiger partial charge in [-0.2, -0.15) is 0 Å². The number of nitrogens with zero attached hydrogens (tertiary/aromatic N) is 2. The summed E-state index contributed by atoms with van der Waals surface area (Å²) in [4.78, 5) is 16.0. The number of nitrogens with one attached hydrogen (secondary N) is 1. The molecule has 1 amide bonds. The number of carbonyl (C=O) groups is 1. The van der Waals surface area contributed by atoms with Crippen molar-refractivity contribution in [3.05, 3.63) is 53.8 Å². The SMILES string of the molecule is COC(=O)NCC(c1ccc2c(c1)OCO2)N1CCN(c2ccccc2F)CC1. The van der Waals surface area contributed by atoms with Gasteiger partial charge in [-0.15, -0.1) is 0 Å². The molecule has 1 atom stereocenters. The maximum atomic E-state index is 14.1. The Morgan fingerprint density at radius 1 is 1.14 bits per heavy atom. The zero-order chi connectivity index (χ0) is 20.2. The summed E-state index contributed by atoms with van der Waals surface area (Å²) in [5.74, 6) is 1.22. The number of methoxy groups -OCH3 is 1. The van der Waals surface area contributed by atoms with Crippen LogP contribution in [0.2, 0.25) is 0 Å². The number of fused-ring (bicyclic) bond motifs is 1. The van der Waals surface area contributed by atoms with Gasteiger partial charge in [0.25, 0.3) is 0 Å². The summed E-state index contributed by atoms with van der Waals surface area (Å²) in [5, 5.41) is 2.80. The number of rotatable bonds is 5. The molecule has 2 aromatic carbocycles. The Bertz CT molecular complexity index is 871. The largest absolute Gasteiger partial charge is 0.454 e. The number of benzene rings is 2. The molecule has 2 aliphatic heterocycles. The molecular formula is C21H24FN3O4. The first kappa shape index (κ1) is 19.3. The molecule has 154 valence electrons. The van der Waals surface area contributed by atoms with Crippen LogP contribution in [0, 0.1) is 5.82 Å². The Morgan fingerprint density at radius 3 is 2.66 bits per heavy atom. The lowest BCUT2D eigenvalue weighted by molar-refractivity contribution is 0.154. The van der Waals surface area contributed by atoms with Gasteiger partial charge in [0.1, 0.15) is 5.82 Å². The predicted octanol–water partition coefficient (Wildman–Crippen LogP) is 2.77. The summed E-state index contributed by atoms with van der Waals surface area (Å²) in [6, 6.07) is 12.6. The van der Waals surface area contributed by atoms with Crippen LogP contribution < -0.4 is 19.7 Å². The van der Waals surface area contributed by atoms with Crippen LogP contribution in [0.5, 0.6) is 11.5 Å². The molecule has 7 nitrogen and oxygen atoms in total. The maximum absolute atomic E-state index is 14.1. The minimum absolute atomic E-state index is 0.0635. The van der Waals surface area contributed by atoms with Gasteiger partial charge in [-0.1, -0.05) is 18.2 Å². The smallest absolute Gasteiger partial charge is 0.406 e. The first-order valence-corrected chi connectivity index (χ1v) is 9.60. The zero-order valence-electron chi connectivity index (χ0n) is 16.3. The van der Waals surface area contributed by atoms with E-state index in [4.69, 9.17) is 14.2 Å². The number of alkyl carbamates (subject to hydrolysis) is 1. The predicted molar refractivity (Wildman–Crippen MR) is 106 cm³/mol. The Kier molecular flexibility index (Phi) is 5.71. The summed E-state index contributed by atoms with van der Waals surface area (Å²) in [5.41, 5.74) is 1.64. The monoisotopic (exact) mass is 401 g/mol. The van der Waals surface area contributed by atoms with Gasteiger partial charge >= 0.3 is 6.09 Å². The number of carbonyl (C=O) groups excluding carboxylic acids is 1. The third-order valence-electron chi connectivity index (χ3n) is 5.35. The highest BCUT2D eigenvalue weighted by Crippen LogP contribution is 2.35. The molecule has 0 aromatic heterocycles. The molecule has 4 rings (SSSR count). The van der Waals surface area contributed by atoms with Crippen molar-refractivity contribution < 1.29 is 23.4 Å². The van der Waals surface area contributed by atoms with Crippen LogP contribution in [0.1, 0.15) is 11.6 Å². The lowest BCUT2D eigenvalue weighted by Gasteiger charge is -2.40. The highest BCUT2D eigenvalue weighted by molar-refractivity contribution is 5.67. The molecule has 0 aliphatic carbocycles. The second kappa shape index (κ2) is 8.57. The fourth-order valence-corrected chi connectivity index (χ4v) is 3.81. The quantitative estimate of drug-likeness (QED) is 0.831. The minimum atomic E-state index is -0.472. The van der Waals surface area contributed by atoms with Gasteiger partial charge in [-0.25, -0.2) is 9.18 Å². The molecule has 0 bridgehead atoms. The number of piperazine rings is 1. The lowest BCUT2D eigenvalue weighted by atomic mass is 10.0. The number of halogens is 1. The Hall–Kier alpha value is -3.00. The average Bonchev–Trinajstić information content (AvgIpc) is 3.22. The molecule has 2 aliphatic rings. The first-order chi connectivity index (χ1) is 14.2. The van der Waals surface area contributed by atoms with E-state index in [-0.39, 0.29) is 18.7 Å². The van der Waals surface area contributed by atoms with Crippen LogP contribution in [0.25, 0.3) is 0 Å². The van der Waals surface area contributed by atoms with Crippen molar-refractivity contribution in [1.29, 1.82) is 0 Å². The lowest BCUT2D eigenvalue weighted by Crippen LogP contribution is -2.50. The van der Waals surface area contributed by atoms with Gasteiger partial charge in [-0.05, 0) is 29.8 Å². The topological polar surface area (TPSA) is 63.3 Å². The van der Waals surface area contributed by atoms with Gasteiger partial charge < -0.3 is 24.4 Å². The summed E-state index contributed by atoms with van der Waals surface area (Å²) in [7, 11) is 1.35. The third-order valence-corrected chi connectivity index (χ3v) is 5.35. The van der Waals surface area contributed by atoms with Crippen molar-refractivity contribution in [2.24, 2.45) is 0 Å². The molecule has 0 radical (unpaired) electrons. The Balaban J connectivity index is 1.49. The number of ether oxygens (including phenoxy) is 3. The van der Waals surface area contributed by atoms with Crippen molar-refractivity contribution in [2.45, 2.75) is 6.04 Å². The summed E-state index contributed by atoms with van der Waals surface area (Å²) >= 11 is 0. The molecule has 1 unspecified atom stereocenters. The van der Waals surface area contributed by atoms with Gasteiger partial charge in [0, 0.05) is 32.7 Å². The standard InChI is InChI=1S/C21H24FN3O4/c1-27-21(26)23-13-18(15-6-7-19-20(12-15)29-14-28-19)25-10-8-24(9-11-25)17-5-3-2-4-16(17)22/h2-7,12,18H,8-11,13-14H2,1H3,(H,23,26). The van der Waals surface area contributed by atoms with E-state index < -0.39 is 6.09 Å². The van der Waals surface area contributed by atoms with E-state index in [1.54, 1.807) is 12.1 Å². The molecule has 8 heteroatoms. The summed E-state index contributed by atoms with van der Waals surface area (Å²) in [6.45, 7) is 3.46. The number of para-hydroxylation sites is 1. The molecule has 29 heavy (non-hydrogen) atoms. The minimum Gasteiger partial charge on any atom is -0.454 e. The maximum Gasteiger partial charge on any atom is 0.406 e. The van der Waals surface area contributed by atoms with Crippen LogP contribution >= 0.6 is 0 Å². The van der Waals surface area contributed by atoms with Gasteiger partial charge in [0.05, 0.1) is 18.8 Å². The van der Waals surface area contributed by atoms with Gasteiger partial charge in [-0.3, -0.25) is 4.90 Å². The van der Waals surface area contributed by atoms with E-state index in [0.717, 1.165) is 24.4 Å². The number of amides is 1. The van der Waals surface area contributed by atoms with E-state index >= 15 is 0 Å². The molecule has 0 saturated carbocycles. The van der Waals surface area contributed by atoms with Gasteiger partial charge in [0.15, 0.2) is 11.5 Å². The molecule has 1 N–H and O–H groups in total. The highest BCUT2D eigenvalue weighted by atomic mass is 19.1. The fourth-order valence-electron chi connectivity index (χ4n) is 3.81. The molecular weight excluding hydrogens is 377 g/mol. The van der Waals surface area contributed by atoms with Crippen molar-refractivity contribution >= 4 is 11.8 Å². The Morgan fingerprint density at radius 2 is 1.90 bits per heavy atom. The summed E-state index contributed by atoms with van der Waals surface area (Å²) in [6.07, 6.45) is -0.472. The van der Waals surface area contributed by atoms with Crippen LogP contribution in [-0.4, -0.2) is 57.6 Å². The molecule has 1 saturated heterocycles. The van der Waals surface area contributed by atoms with Crippen molar-refractivity contribution in [1.82, 2.24) is 10.2 Å². The van der Waals surface area contributed by atoms with E-state index in [0.29, 0.717) is 31.1 Å². The average molecular weight is 401 g/mol. The second-order valence-corrected chi connectivity index (χ2v) is 6.98. The molecule has 2 heterocycles. The normalized spacial score (nSPS) is 17.1. The van der Waals surface area contributed by atoms with Crippen LogP contribution in [0.4, 0.5) is 14.9 Å². The van der Waals surface area contributed by atoms with Gasteiger partial charge in [0.2, 0.25) is 6.79 Å². The van der Waals surface area contributed by atoms with Crippen molar-refractivity contribution in [3.8, 4) is 11.5 Å². The van der Waals surface area contributed by atoms with E-state index in [2.05, 4.69) is 15.1 Å². The van der Waals surface area contributed by atoms with Crippen molar-refractivity contribution in [3.63, 3.8) is 0 Å². The van der Waals surface area contributed by atoms with E-state index in [9.17, 15) is 9.18 Å². The third kappa shape index (κ3) is 4.22. The first-order valence-electron chi connectivity index (χ1n) is 9.60. The summed E-state index contributed by atoms with van der Waals surface area (Å²) < 4.78 is 29.8. The number of hydrogen-bond donors (Lipinski definition) is 1. The van der Waals surface area contributed by atoms with Crippen molar-refractivity contribution in [2.75, 3.05) is 51.5 Å². The second-order valence-electron chi connectivity index (χ2n) is 6.98. The number of hydrogen-bond acceptors (Lipinski definition) is 6. The zero-order valence-corrected chi connectivity index (χ0v) is 16.3. The molecule has 0 spiro atoms. The van der Waals surface area contributed by atoms with E-state index in [1.165, 1.54) is 13.2 Å². The van der Waals surface area contributed by atoms with Crippen LogP contribution in [0.15, 0.2) is 42.5 Å². The molecule has 1 fully saturated rings. The van der Waals surface area contributed by atoms with E-state index in [1.807, 2.05) is 24.3 Å². The molecule has 2 aromatic rings. The van der Waals surface area contributed by atoms with Crippen LogP contribution in [0.3, 0.4) is 0 Å². The number of anilines is 1.